The van der Waals surface area contributed by atoms with Gasteiger partial charge in [0, 0.05) is 48.2 Å². The summed E-state index contributed by atoms with van der Waals surface area (Å²) in [5.74, 6) is 0.286. The lowest BCUT2D eigenvalue weighted by molar-refractivity contribution is 0.312. The van der Waals surface area contributed by atoms with Gasteiger partial charge in [0.2, 0.25) is 0 Å². The fourth-order valence-electron chi connectivity index (χ4n) is 5.50. The van der Waals surface area contributed by atoms with Crippen LogP contribution in [0.25, 0.3) is 22.4 Å². The first-order valence-corrected chi connectivity index (χ1v) is 11.6. The largest absolute Gasteiger partial charge is 0.372 e. The maximum atomic E-state index is 14.8. The van der Waals surface area contributed by atoms with E-state index < -0.39 is 0 Å². The van der Waals surface area contributed by atoms with Gasteiger partial charge in [-0.05, 0) is 42.5 Å². The molecule has 2 aliphatic rings. The third-order valence-electron chi connectivity index (χ3n) is 7.13. The van der Waals surface area contributed by atoms with Crippen LogP contribution in [-0.4, -0.2) is 39.0 Å². The van der Waals surface area contributed by atoms with Gasteiger partial charge in [-0.15, -0.1) is 0 Å². The number of anilines is 1. The van der Waals surface area contributed by atoms with Gasteiger partial charge in [0.1, 0.15) is 5.82 Å². The van der Waals surface area contributed by atoms with Crippen molar-refractivity contribution < 1.29 is 4.39 Å². The van der Waals surface area contributed by atoms with Gasteiger partial charge in [-0.3, -0.25) is 4.68 Å². The van der Waals surface area contributed by atoms with Crippen LogP contribution in [0.1, 0.15) is 24.4 Å². The summed E-state index contributed by atoms with van der Waals surface area (Å²) in [5.41, 5.74) is 12.0. The first-order valence-electron chi connectivity index (χ1n) is 11.6. The first-order chi connectivity index (χ1) is 16.2. The molecule has 0 spiro atoms. The van der Waals surface area contributed by atoms with E-state index in [1.807, 2.05) is 35.7 Å². The SMILES string of the molecule is NCCn1cc(-c2ccc(N3CCC(C4c5c(F)cccc5-c5cncn54)CC3)cc2)cn1. The van der Waals surface area contributed by atoms with Crippen molar-refractivity contribution in [3.63, 3.8) is 0 Å². The van der Waals surface area contributed by atoms with E-state index in [0.717, 1.165) is 60.4 Å². The molecule has 0 radical (unpaired) electrons. The summed E-state index contributed by atoms with van der Waals surface area (Å²) < 4.78 is 18.9. The van der Waals surface area contributed by atoms with Crippen LogP contribution in [0.2, 0.25) is 0 Å². The lowest BCUT2D eigenvalue weighted by Crippen LogP contribution is -2.36. The van der Waals surface area contributed by atoms with Gasteiger partial charge in [-0.1, -0.05) is 24.3 Å². The second-order valence-electron chi connectivity index (χ2n) is 8.98. The topological polar surface area (TPSA) is 64.9 Å². The number of hydrogen-bond acceptors (Lipinski definition) is 4. The van der Waals surface area contributed by atoms with E-state index in [1.54, 1.807) is 12.1 Å². The highest BCUT2D eigenvalue weighted by Gasteiger charge is 2.37. The van der Waals surface area contributed by atoms with E-state index in [1.165, 1.54) is 5.69 Å². The molecule has 33 heavy (non-hydrogen) atoms. The molecule has 4 aromatic rings. The van der Waals surface area contributed by atoms with Crippen molar-refractivity contribution in [2.45, 2.75) is 25.4 Å². The number of aromatic nitrogens is 4. The number of halogens is 1. The molecule has 7 heteroatoms. The molecular formula is C26H27FN6. The molecule has 0 saturated carbocycles. The van der Waals surface area contributed by atoms with Crippen molar-refractivity contribution in [2.24, 2.45) is 11.7 Å². The van der Waals surface area contributed by atoms with E-state index in [9.17, 15) is 4.39 Å². The minimum Gasteiger partial charge on any atom is -0.372 e. The molecule has 4 heterocycles. The van der Waals surface area contributed by atoms with Crippen molar-refractivity contribution >= 4 is 5.69 Å². The molecule has 1 fully saturated rings. The minimum absolute atomic E-state index is 0.0354. The Morgan fingerprint density at radius 2 is 1.82 bits per heavy atom. The molecule has 6 rings (SSSR count). The highest BCUT2D eigenvalue weighted by atomic mass is 19.1. The van der Waals surface area contributed by atoms with E-state index in [4.69, 9.17) is 5.73 Å². The molecule has 1 unspecified atom stereocenters. The quantitative estimate of drug-likeness (QED) is 0.500. The summed E-state index contributed by atoms with van der Waals surface area (Å²) in [4.78, 5) is 6.78. The monoisotopic (exact) mass is 442 g/mol. The summed E-state index contributed by atoms with van der Waals surface area (Å²) in [6.45, 7) is 3.23. The van der Waals surface area contributed by atoms with Gasteiger partial charge in [-0.2, -0.15) is 5.10 Å². The summed E-state index contributed by atoms with van der Waals surface area (Å²) >= 11 is 0. The molecule has 2 aromatic heterocycles. The normalized spacial score (nSPS) is 17.9. The first kappa shape index (κ1) is 20.2. The summed E-state index contributed by atoms with van der Waals surface area (Å²) in [5, 5.41) is 4.37. The number of nitrogens with zero attached hydrogens (tertiary/aromatic N) is 5. The van der Waals surface area contributed by atoms with Crippen molar-refractivity contribution in [3.05, 3.63) is 78.8 Å². The van der Waals surface area contributed by atoms with Crippen LogP contribution in [0.5, 0.6) is 0 Å². The summed E-state index contributed by atoms with van der Waals surface area (Å²) in [7, 11) is 0. The van der Waals surface area contributed by atoms with Crippen molar-refractivity contribution in [3.8, 4) is 22.4 Å². The standard InChI is InChI=1S/C26H27FN6/c27-23-3-1-2-22-24-15-29-17-33(24)26(25(22)23)19-8-11-31(12-9-19)21-6-4-18(5-7-21)20-14-30-32(16-20)13-10-28/h1-7,14-17,19,26H,8-13,28H2. The Bertz CT molecular complexity index is 1270. The summed E-state index contributed by atoms with van der Waals surface area (Å²) in [6.07, 6.45) is 9.68. The van der Waals surface area contributed by atoms with Gasteiger partial charge in [-0.25, -0.2) is 9.37 Å². The molecule has 0 bridgehead atoms. The lowest BCUT2D eigenvalue weighted by atomic mass is 9.85. The zero-order chi connectivity index (χ0) is 22.4. The number of piperidine rings is 1. The third kappa shape index (κ3) is 3.43. The second kappa shape index (κ2) is 8.15. The molecule has 168 valence electrons. The maximum Gasteiger partial charge on any atom is 0.129 e. The van der Waals surface area contributed by atoms with Crippen LogP contribution >= 0.6 is 0 Å². The highest BCUT2D eigenvalue weighted by Crippen LogP contribution is 2.46. The van der Waals surface area contributed by atoms with Gasteiger partial charge >= 0.3 is 0 Å². The lowest BCUT2D eigenvalue weighted by Gasteiger charge is -2.37. The van der Waals surface area contributed by atoms with Crippen LogP contribution in [0.3, 0.4) is 0 Å². The van der Waals surface area contributed by atoms with E-state index in [2.05, 4.69) is 43.8 Å². The Balaban J connectivity index is 1.17. The zero-order valence-electron chi connectivity index (χ0n) is 18.4. The van der Waals surface area contributed by atoms with Crippen molar-refractivity contribution in [1.82, 2.24) is 19.3 Å². The Morgan fingerprint density at radius 1 is 1.00 bits per heavy atom. The molecule has 1 atom stereocenters. The maximum absolute atomic E-state index is 14.8. The Kier molecular flexibility index (Phi) is 4.99. The van der Waals surface area contributed by atoms with Crippen LogP contribution in [-0.2, 0) is 6.54 Å². The van der Waals surface area contributed by atoms with Crippen molar-refractivity contribution in [2.75, 3.05) is 24.5 Å². The van der Waals surface area contributed by atoms with Gasteiger partial charge in [0.15, 0.2) is 0 Å². The van der Waals surface area contributed by atoms with Crippen LogP contribution in [0.15, 0.2) is 67.4 Å². The van der Waals surface area contributed by atoms with Gasteiger partial charge in [0.05, 0.1) is 37.0 Å². The molecule has 6 nitrogen and oxygen atoms in total. The number of hydrogen-bond donors (Lipinski definition) is 1. The molecular weight excluding hydrogens is 415 g/mol. The number of fused-ring (bicyclic) bond motifs is 3. The summed E-state index contributed by atoms with van der Waals surface area (Å²) in [6, 6.07) is 14.1. The predicted molar refractivity (Wildman–Crippen MR) is 127 cm³/mol. The Labute approximate surface area is 192 Å². The Hall–Kier alpha value is -3.45. The molecule has 2 N–H and O–H groups in total. The fourth-order valence-corrected chi connectivity index (χ4v) is 5.50. The average molecular weight is 443 g/mol. The zero-order valence-corrected chi connectivity index (χ0v) is 18.4. The second-order valence-corrected chi connectivity index (χ2v) is 8.98. The predicted octanol–water partition coefficient (Wildman–Crippen LogP) is 4.33. The van der Waals surface area contributed by atoms with E-state index in [0.29, 0.717) is 12.5 Å². The minimum atomic E-state index is -0.103. The van der Waals surface area contributed by atoms with Crippen LogP contribution in [0, 0.1) is 11.7 Å². The van der Waals surface area contributed by atoms with Crippen LogP contribution in [0.4, 0.5) is 10.1 Å². The number of rotatable bonds is 5. The van der Waals surface area contributed by atoms with E-state index >= 15 is 0 Å². The molecule has 2 aromatic carbocycles. The molecule has 0 aliphatic carbocycles. The average Bonchev–Trinajstić information content (AvgIpc) is 3.57. The highest BCUT2D eigenvalue weighted by molar-refractivity contribution is 5.69. The van der Waals surface area contributed by atoms with Gasteiger partial charge < -0.3 is 15.2 Å². The molecule has 1 saturated heterocycles. The smallest absolute Gasteiger partial charge is 0.129 e. The fraction of sp³-hybridized carbons (Fsp3) is 0.308. The number of nitrogens with two attached hydrogens (primary N) is 1. The number of benzene rings is 2. The molecule has 0 amide bonds. The Morgan fingerprint density at radius 3 is 2.61 bits per heavy atom. The van der Waals surface area contributed by atoms with Gasteiger partial charge in [0.25, 0.3) is 0 Å². The van der Waals surface area contributed by atoms with E-state index in [-0.39, 0.29) is 11.9 Å². The van der Waals surface area contributed by atoms with Crippen molar-refractivity contribution in [1.29, 1.82) is 0 Å². The number of imidazole rings is 1. The van der Waals surface area contributed by atoms with Crippen LogP contribution < -0.4 is 10.6 Å². The molecule has 2 aliphatic heterocycles. The third-order valence-corrected chi connectivity index (χ3v) is 7.13.